The third-order valence-electron chi connectivity index (χ3n) is 4.09. The molecule has 3 rings (SSSR count). The number of carbonyl (C=O) groups excluding carboxylic acids is 1. The number of aromatic nitrogens is 2. The van der Waals surface area contributed by atoms with E-state index in [2.05, 4.69) is 9.72 Å². The number of thioether (sulfide) groups is 1. The summed E-state index contributed by atoms with van der Waals surface area (Å²) >= 11 is 1.25. The highest BCUT2D eigenvalue weighted by Crippen LogP contribution is 2.23. The molecule has 0 aliphatic carbocycles. The standard InChI is InChI=1S/C20H20F2N4O2S/c1-25(11-14-7-9-16(10-8-14)28-19(21)22)18(27)13-29-20-24-17(12-26(20)23)15-5-3-2-4-6-15/h2-10,12,19H,11,13,23H2,1H3. The van der Waals surface area contributed by atoms with E-state index in [4.69, 9.17) is 5.84 Å². The molecule has 0 radical (unpaired) electrons. The highest BCUT2D eigenvalue weighted by atomic mass is 32.2. The van der Waals surface area contributed by atoms with E-state index in [9.17, 15) is 13.6 Å². The Morgan fingerprint density at radius 2 is 1.90 bits per heavy atom. The number of carbonyl (C=O) groups is 1. The highest BCUT2D eigenvalue weighted by molar-refractivity contribution is 7.99. The second-order valence-electron chi connectivity index (χ2n) is 6.24. The predicted molar refractivity (Wildman–Crippen MR) is 108 cm³/mol. The van der Waals surface area contributed by atoms with Gasteiger partial charge in [-0.1, -0.05) is 54.2 Å². The molecule has 1 heterocycles. The van der Waals surface area contributed by atoms with Crippen molar-refractivity contribution in [3.05, 3.63) is 66.4 Å². The maximum absolute atomic E-state index is 12.4. The smallest absolute Gasteiger partial charge is 0.387 e. The first-order valence-electron chi connectivity index (χ1n) is 8.73. The number of nitrogens with two attached hydrogens (primary N) is 1. The molecular weight excluding hydrogens is 398 g/mol. The molecule has 0 fully saturated rings. The molecule has 1 amide bonds. The average molecular weight is 418 g/mol. The quantitative estimate of drug-likeness (QED) is 0.447. The van der Waals surface area contributed by atoms with Gasteiger partial charge in [0, 0.05) is 19.2 Å². The van der Waals surface area contributed by atoms with Gasteiger partial charge in [0.2, 0.25) is 5.91 Å². The third-order valence-corrected chi connectivity index (χ3v) is 5.04. The zero-order chi connectivity index (χ0) is 20.8. The fourth-order valence-electron chi connectivity index (χ4n) is 2.61. The molecule has 0 aliphatic rings. The molecule has 0 aliphatic heterocycles. The topological polar surface area (TPSA) is 73.4 Å². The SMILES string of the molecule is CN(Cc1ccc(OC(F)F)cc1)C(=O)CSc1nc(-c2ccccc2)cn1N. The molecule has 0 unspecified atom stereocenters. The number of halogens is 2. The maximum Gasteiger partial charge on any atom is 0.387 e. The Balaban J connectivity index is 1.54. The Morgan fingerprint density at radius 1 is 1.21 bits per heavy atom. The molecule has 0 atom stereocenters. The first-order valence-corrected chi connectivity index (χ1v) is 9.71. The average Bonchev–Trinajstić information content (AvgIpc) is 3.08. The summed E-state index contributed by atoms with van der Waals surface area (Å²) in [7, 11) is 1.68. The van der Waals surface area contributed by atoms with Crippen LogP contribution in [0.2, 0.25) is 0 Å². The largest absolute Gasteiger partial charge is 0.435 e. The van der Waals surface area contributed by atoms with Gasteiger partial charge in [-0.3, -0.25) is 4.79 Å². The van der Waals surface area contributed by atoms with Gasteiger partial charge in [-0.05, 0) is 17.7 Å². The molecule has 2 N–H and O–H groups in total. The van der Waals surface area contributed by atoms with Gasteiger partial charge in [0.15, 0.2) is 5.16 Å². The van der Waals surface area contributed by atoms with E-state index >= 15 is 0 Å². The number of benzene rings is 2. The molecule has 0 spiro atoms. The Hall–Kier alpha value is -3.07. The number of hydrogen-bond acceptors (Lipinski definition) is 5. The summed E-state index contributed by atoms with van der Waals surface area (Å²) in [4.78, 5) is 18.5. The van der Waals surface area contributed by atoms with Crippen LogP contribution in [0.5, 0.6) is 5.75 Å². The van der Waals surface area contributed by atoms with Gasteiger partial charge in [-0.25, -0.2) is 9.66 Å². The lowest BCUT2D eigenvalue weighted by Crippen LogP contribution is -2.28. The minimum Gasteiger partial charge on any atom is -0.435 e. The Bertz CT molecular complexity index is 949. The van der Waals surface area contributed by atoms with Crippen LogP contribution in [0, 0.1) is 0 Å². The molecule has 0 saturated carbocycles. The summed E-state index contributed by atoms with van der Waals surface area (Å²) in [6.45, 7) is -2.51. The van der Waals surface area contributed by atoms with Crippen LogP contribution in [-0.2, 0) is 11.3 Å². The first kappa shape index (κ1) is 20.7. The van der Waals surface area contributed by atoms with E-state index in [1.54, 1.807) is 30.3 Å². The van der Waals surface area contributed by atoms with Crippen LogP contribution in [0.3, 0.4) is 0 Å². The zero-order valence-electron chi connectivity index (χ0n) is 15.7. The number of imidazole rings is 1. The molecular formula is C20H20F2N4O2S. The number of nitrogens with zero attached hydrogens (tertiary/aromatic N) is 3. The van der Waals surface area contributed by atoms with E-state index < -0.39 is 6.61 Å². The van der Waals surface area contributed by atoms with Crippen molar-refractivity contribution in [2.45, 2.75) is 18.3 Å². The lowest BCUT2D eigenvalue weighted by molar-refractivity contribution is -0.127. The molecule has 2 aromatic carbocycles. The molecule has 29 heavy (non-hydrogen) atoms. The molecule has 0 saturated heterocycles. The van der Waals surface area contributed by atoms with E-state index in [0.717, 1.165) is 16.8 Å². The molecule has 3 aromatic rings. The number of alkyl halides is 2. The van der Waals surface area contributed by atoms with Gasteiger partial charge in [0.25, 0.3) is 0 Å². The van der Waals surface area contributed by atoms with E-state index in [-0.39, 0.29) is 17.4 Å². The Labute approximate surface area is 171 Å². The number of ether oxygens (including phenoxy) is 1. The summed E-state index contributed by atoms with van der Waals surface area (Å²) in [6.07, 6.45) is 1.72. The lowest BCUT2D eigenvalue weighted by atomic mass is 10.2. The summed E-state index contributed by atoms with van der Waals surface area (Å²) in [5.41, 5.74) is 2.49. The van der Waals surface area contributed by atoms with Gasteiger partial charge >= 0.3 is 6.61 Å². The van der Waals surface area contributed by atoms with E-state index in [1.807, 2.05) is 30.3 Å². The normalized spacial score (nSPS) is 10.9. The Morgan fingerprint density at radius 3 is 2.55 bits per heavy atom. The lowest BCUT2D eigenvalue weighted by Gasteiger charge is -2.17. The maximum atomic E-state index is 12.4. The van der Waals surface area contributed by atoms with Crippen molar-refractivity contribution in [3.63, 3.8) is 0 Å². The minimum atomic E-state index is -2.86. The van der Waals surface area contributed by atoms with Crippen molar-refractivity contribution >= 4 is 17.7 Å². The van der Waals surface area contributed by atoms with Gasteiger partial charge in [-0.2, -0.15) is 8.78 Å². The van der Waals surface area contributed by atoms with Crippen LogP contribution in [-0.4, -0.2) is 39.9 Å². The van der Waals surface area contributed by atoms with Gasteiger partial charge in [-0.15, -0.1) is 0 Å². The van der Waals surface area contributed by atoms with Crippen molar-refractivity contribution in [1.29, 1.82) is 0 Å². The van der Waals surface area contributed by atoms with Crippen molar-refractivity contribution in [2.75, 3.05) is 18.6 Å². The summed E-state index contributed by atoms with van der Waals surface area (Å²) in [5, 5.41) is 0.541. The molecule has 6 nitrogen and oxygen atoms in total. The number of nitrogen functional groups attached to an aromatic ring is 1. The summed E-state index contributed by atoms with van der Waals surface area (Å²) in [5.74, 6) is 6.10. The van der Waals surface area contributed by atoms with Crippen LogP contribution >= 0.6 is 11.8 Å². The highest BCUT2D eigenvalue weighted by Gasteiger charge is 2.14. The second-order valence-corrected chi connectivity index (χ2v) is 7.19. The van der Waals surface area contributed by atoms with Gasteiger partial charge in [0.1, 0.15) is 5.75 Å². The predicted octanol–water partition coefficient (Wildman–Crippen LogP) is 3.62. The number of hydrogen-bond donors (Lipinski definition) is 1. The van der Waals surface area contributed by atoms with Crippen LogP contribution in [0.15, 0.2) is 66.0 Å². The van der Waals surface area contributed by atoms with E-state index in [1.165, 1.54) is 28.6 Å². The Kier molecular flexibility index (Phi) is 6.71. The minimum absolute atomic E-state index is 0.0808. The van der Waals surface area contributed by atoms with Crippen LogP contribution in [0.4, 0.5) is 8.78 Å². The fourth-order valence-corrected chi connectivity index (χ4v) is 3.44. The number of rotatable bonds is 8. The van der Waals surface area contributed by atoms with Crippen molar-refractivity contribution in [3.8, 4) is 17.0 Å². The second kappa shape index (κ2) is 9.42. The summed E-state index contributed by atoms with van der Waals surface area (Å²) in [6, 6.07) is 15.8. The monoisotopic (exact) mass is 418 g/mol. The number of amides is 1. The van der Waals surface area contributed by atoms with Gasteiger partial charge < -0.3 is 15.5 Å². The van der Waals surface area contributed by atoms with Crippen LogP contribution in [0.25, 0.3) is 11.3 Å². The van der Waals surface area contributed by atoms with Gasteiger partial charge in [0.05, 0.1) is 17.6 Å². The van der Waals surface area contributed by atoms with E-state index in [0.29, 0.717) is 11.7 Å². The van der Waals surface area contributed by atoms with Crippen LogP contribution < -0.4 is 10.6 Å². The third kappa shape index (κ3) is 5.71. The van der Waals surface area contributed by atoms with Crippen molar-refractivity contribution in [1.82, 2.24) is 14.6 Å². The fraction of sp³-hybridized carbons (Fsp3) is 0.200. The van der Waals surface area contributed by atoms with Crippen molar-refractivity contribution < 1.29 is 18.3 Å². The zero-order valence-corrected chi connectivity index (χ0v) is 16.5. The van der Waals surface area contributed by atoms with Crippen LogP contribution in [0.1, 0.15) is 5.56 Å². The summed E-state index contributed by atoms with van der Waals surface area (Å²) < 4.78 is 30.1. The van der Waals surface area contributed by atoms with Crippen molar-refractivity contribution in [2.24, 2.45) is 0 Å². The molecule has 0 bridgehead atoms. The molecule has 1 aromatic heterocycles. The molecule has 9 heteroatoms. The molecule has 152 valence electrons. The first-order chi connectivity index (χ1) is 13.9.